The van der Waals surface area contributed by atoms with E-state index in [0.29, 0.717) is 19.0 Å². The molecule has 0 saturated carbocycles. The number of aromatic amines is 1. The zero-order valence-corrected chi connectivity index (χ0v) is 11.1. The minimum Gasteiger partial charge on any atom is -0.354 e. The van der Waals surface area contributed by atoms with E-state index in [1.807, 2.05) is 0 Å². The molecule has 2 rings (SSSR count). The standard InChI is InChI=1S/C10H15N7O3/c1-16-6-5(7(18)17(2)10(16)20)14-9(15-6)13-4-3-12-8(11)19/h3-4H2,1-2H3,(H3,11,12,19)(H2,13,14,15). The maximum Gasteiger partial charge on any atom is 0.332 e. The summed E-state index contributed by atoms with van der Waals surface area (Å²) in [5.41, 5.74) is 4.53. The minimum atomic E-state index is -0.618. The van der Waals surface area contributed by atoms with E-state index >= 15 is 0 Å². The van der Waals surface area contributed by atoms with Crippen LogP contribution in [0.15, 0.2) is 9.59 Å². The summed E-state index contributed by atoms with van der Waals surface area (Å²) in [6.45, 7) is 0.681. The van der Waals surface area contributed by atoms with Crippen LogP contribution in [0.4, 0.5) is 10.7 Å². The summed E-state index contributed by atoms with van der Waals surface area (Å²) in [6, 6.07) is -0.618. The van der Waals surface area contributed by atoms with Crippen molar-refractivity contribution in [1.29, 1.82) is 0 Å². The predicted octanol–water partition coefficient (Wildman–Crippen LogP) is -1.96. The van der Waals surface area contributed by atoms with Crippen molar-refractivity contribution in [3.8, 4) is 0 Å². The number of amides is 2. The van der Waals surface area contributed by atoms with Gasteiger partial charge in [0, 0.05) is 27.2 Å². The highest BCUT2D eigenvalue weighted by Crippen LogP contribution is 2.07. The number of fused-ring (bicyclic) bond motifs is 1. The highest BCUT2D eigenvalue weighted by molar-refractivity contribution is 5.73. The van der Waals surface area contributed by atoms with Gasteiger partial charge < -0.3 is 21.4 Å². The van der Waals surface area contributed by atoms with Gasteiger partial charge in [0.25, 0.3) is 5.56 Å². The Morgan fingerprint density at radius 1 is 1.30 bits per heavy atom. The highest BCUT2D eigenvalue weighted by atomic mass is 16.2. The Hall–Kier alpha value is -2.78. The topological polar surface area (TPSA) is 140 Å². The van der Waals surface area contributed by atoms with E-state index in [-0.39, 0.29) is 11.2 Å². The van der Waals surface area contributed by atoms with E-state index in [1.54, 1.807) is 0 Å². The summed E-state index contributed by atoms with van der Waals surface area (Å²) in [5, 5.41) is 5.29. The maximum absolute atomic E-state index is 11.9. The number of urea groups is 1. The van der Waals surface area contributed by atoms with Gasteiger partial charge in [0.05, 0.1) is 0 Å². The third-order valence-electron chi connectivity index (χ3n) is 2.81. The molecule has 0 aliphatic heterocycles. The monoisotopic (exact) mass is 281 g/mol. The highest BCUT2D eigenvalue weighted by Gasteiger charge is 2.12. The van der Waals surface area contributed by atoms with E-state index < -0.39 is 17.3 Å². The van der Waals surface area contributed by atoms with Gasteiger partial charge in [-0.2, -0.15) is 4.98 Å². The number of nitrogens with two attached hydrogens (primary N) is 1. The Morgan fingerprint density at radius 2 is 2.00 bits per heavy atom. The summed E-state index contributed by atoms with van der Waals surface area (Å²) < 4.78 is 2.28. The van der Waals surface area contributed by atoms with Gasteiger partial charge in [0.15, 0.2) is 11.2 Å². The zero-order valence-electron chi connectivity index (χ0n) is 11.1. The molecule has 20 heavy (non-hydrogen) atoms. The van der Waals surface area contributed by atoms with Gasteiger partial charge in [-0.25, -0.2) is 9.59 Å². The number of carbonyl (C=O) groups excluding carboxylic acids is 1. The van der Waals surface area contributed by atoms with Gasteiger partial charge in [0.2, 0.25) is 5.95 Å². The number of imidazole rings is 1. The number of primary amides is 1. The average molecular weight is 281 g/mol. The van der Waals surface area contributed by atoms with Gasteiger partial charge in [0.1, 0.15) is 0 Å². The number of rotatable bonds is 4. The molecular formula is C10H15N7O3. The molecule has 10 nitrogen and oxygen atoms in total. The number of hydrogen-bond acceptors (Lipinski definition) is 5. The summed E-state index contributed by atoms with van der Waals surface area (Å²) >= 11 is 0. The van der Waals surface area contributed by atoms with Crippen LogP contribution in [0.2, 0.25) is 0 Å². The van der Waals surface area contributed by atoms with Gasteiger partial charge in [-0.05, 0) is 0 Å². The van der Waals surface area contributed by atoms with E-state index in [4.69, 9.17) is 5.73 Å². The largest absolute Gasteiger partial charge is 0.354 e. The molecule has 0 atom stereocenters. The molecule has 2 amide bonds. The lowest BCUT2D eigenvalue weighted by molar-refractivity contribution is 0.249. The van der Waals surface area contributed by atoms with Crippen molar-refractivity contribution in [2.45, 2.75) is 0 Å². The fraction of sp³-hybridized carbons (Fsp3) is 0.400. The molecule has 0 saturated heterocycles. The number of anilines is 1. The van der Waals surface area contributed by atoms with Crippen molar-refractivity contribution >= 4 is 23.1 Å². The Balaban J connectivity index is 2.28. The lowest BCUT2D eigenvalue weighted by atomic mass is 10.5. The van der Waals surface area contributed by atoms with Crippen molar-refractivity contribution in [3.05, 3.63) is 20.8 Å². The van der Waals surface area contributed by atoms with Crippen LogP contribution in [0.1, 0.15) is 0 Å². The predicted molar refractivity (Wildman–Crippen MR) is 72.7 cm³/mol. The van der Waals surface area contributed by atoms with E-state index in [9.17, 15) is 14.4 Å². The third-order valence-corrected chi connectivity index (χ3v) is 2.81. The van der Waals surface area contributed by atoms with Crippen LogP contribution in [0.3, 0.4) is 0 Å². The Morgan fingerprint density at radius 3 is 2.65 bits per heavy atom. The lowest BCUT2D eigenvalue weighted by Crippen LogP contribution is -2.36. The van der Waals surface area contributed by atoms with Crippen molar-refractivity contribution in [3.63, 3.8) is 0 Å². The van der Waals surface area contributed by atoms with E-state index in [1.165, 1.54) is 18.7 Å². The van der Waals surface area contributed by atoms with Crippen LogP contribution in [0.25, 0.3) is 11.2 Å². The number of aromatic nitrogens is 4. The summed E-state index contributed by atoms with van der Waals surface area (Å²) in [4.78, 5) is 41.1. The van der Waals surface area contributed by atoms with Crippen molar-refractivity contribution in [2.75, 3.05) is 18.4 Å². The zero-order chi connectivity index (χ0) is 14.9. The average Bonchev–Trinajstić information content (AvgIpc) is 2.83. The number of hydrogen-bond donors (Lipinski definition) is 4. The fourth-order valence-corrected chi connectivity index (χ4v) is 1.78. The molecule has 0 aliphatic carbocycles. The molecule has 2 aromatic heterocycles. The Labute approximate surface area is 112 Å². The molecule has 2 heterocycles. The summed E-state index contributed by atoms with van der Waals surface area (Å²) in [5.74, 6) is 0.338. The second-order valence-electron chi connectivity index (χ2n) is 4.21. The number of nitrogens with zero attached hydrogens (tertiary/aromatic N) is 3. The molecule has 0 aromatic carbocycles. The van der Waals surface area contributed by atoms with Crippen LogP contribution < -0.4 is 27.6 Å². The van der Waals surface area contributed by atoms with Gasteiger partial charge in [-0.1, -0.05) is 0 Å². The maximum atomic E-state index is 11.9. The summed E-state index contributed by atoms with van der Waals surface area (Å²) in [6.07, 6.45) is 0. The van der Waals surface area contributed by atoms with E-state index in [2.05, 4.69) is 20.6 Å². The molecule has 0 fully saturated rings. The van der Waals surface area contributed by atoms with Gasteiger partial charge in [-0.15, -0.1) is 0 Å². The van der Waals surface area contributed by atoms with Gasteiger partial charge in [-0.3, -0.25) is 13.9 Å². The second-order valence-corrected chi connectivity index (χ2v) is 4.21. The van der Waals surface area contributed by atoms with Crippen LogP contribution in [0.5, 0.6) is 0 Å². The second kappa shape index (κ2) is 5.07. The number of nitrogens with one attached hydrogen (secondary N) is 3. The molecule has 0 bridgehead atoms. The smallest absolute Gasteiger partial charge is 0.332 e. The Kier molecular flexibility index (Phi) is 3.46. The molecule has 5 N–H and O–H groups in total. The normalized spacial score (nSPS) is 10.7. The Bertz CT molecular complexity index is 769. The molecule has 108 valence electrons. The molecule has 0 aliphatic rings. The van der Waals surface area contributed by atoms with Crippen molar-refractivity contribution in [2.24, 2.45) is 19.8 Å². The van der Waals surface area contributed by atoms with Crippen molar-refractivity contribution in [1.82, 2.24) is 24.4 Å². The first-order valence-electron chi connectivity index (χ1n) is 5.84. The first-order valence-corrected chi connectivity index (χ1v) is 5.84. The van der Waals surface area contributed by atoms with Crippen LogP contribution in [0, 0.1) is 0 Å². The molecular weight excluding hydrogens is 266 g/mol. The molecule has 2 aromatic rings. The number of carbonyl (C=O) groups is 1. The molecule has 0 spiro atoms. The first-order chi connectivity index (χ1) is 9.41. The molecule has 0 unspecified atom stereocenters. The number of aryl methyl sites for hydroxylation is 1. The van der Waals surface area contributed by atoms with Crippen LogP contribution in [-0.2, 0) is 14.1 Å². The molecule has 10 heteroatoms. The van der Waals surface area contributed by atoms with Gasteiger partial charge >= 0.3 is 11.7 Å². The van der Waals surface area contributed by atoms with E-state index in [0.717, 1.165) is 4.57 Å². The minimum absolute atomic E-state index is 0.236. The first kappa shape index (κ1) is 13.6. The summed E-state index contributed by atoms with van der Waals surface area (Å²) in [7, 11) is 2.93. The fourth-order valence-electron chi connectivity index (χ4n) is 1.78. The molecule has 0 radical (unpaired) electrons. The third kappa shape index (κ3) is 2.35. The SMILES string of the molecule is Cn1c(=O)c2[nH]c(NCCNC(N)=O)nc2n(C)c1=O. The van der Waals surface area contributed by atoms with Crippen LogP contribution in [-0.4, -0.2) is 38.2 Å². The van der Waals surface area contributed by atoms with Crippen molar-refractivity contribution < 1.29 is 4.79 Å². The van der Waals surface area contributed by atoms with Crippen LogP contribution >= 0.6 is 0 Å². The quantitative estimate of drug-likeness (QED) is 0.482. The lowest BCUT2D eigenvalue weighted by Gasteiger charge is -2.02. The number of H-pyrrole nitrogens is 1.